The Morgan fingerprint density at radius 1 is 1.60 bits per heavy atom. The Morgan fingerprint density at radius 2 is 2.47 bits per heavy atom. The molecule has 1 fully saturated rings. The molecule has 15 heavy (non-hydrogen) atoms. The van der Waals surface area contributed by atoms with Crippen molar-refractivity contribution >= 4 is 11.6 Å². The highest BCUT2D eigenvalue weighted by atomic mass is 35.5. The van der Waals surface area contributed by atoms with Crippen LogP contribution in [0.1, 0.15) is 13.3 Å². The molecule has 1 aliphatic rings. The van der Waals surface area contributed by atoms with Crippen LogP contribution in [0.25, 0.3) is 0 Å². The first-order chi connectivity index (χ1) is 7.25. The van der Waals surface area contributed by atoms with Crippen LogP contribution in [0.4, 0.5) is 0 Å². The van der Waals surface area contributed by atoms with Gasteiger partial charge in [0.2, 0.25) is 5.88 Å². The fourth-order valence-electron chi connectivity index (χ4n) is 1.59. The number of nitrogens with zero attached hydrogens (tertiary/aromatic N) is 2. The van der Waals surface area contributed by atoms with Crippen molar-refractivity contribution in [2.45, 2.75) is 19.4 Å². The molecule has 0 N–H and O–H groups in total. The average molecular weight is 229 g/mol. The van der Waals surface area contributed by atoms with Gasteiger partial charge in [-0.15, -0.1) is 0 Å². The maximum absolute atomic E-state index is 5.71. The van der Waals surface area contributed by atoms with Crippen molar-refractivity contribution in [2.75, 3.05) is 13.2 Å². The predicted molar refractivity (Wildman–Crippen MR) is 56.1 cm³/mol. The van der Waals surface area contributed by atoms with Crippen LogP contribution >= 0.6 is 11.6 Å². The van der Waals surface area contributed by atoms with Gasteiger partial charge in [-0.2, -0.15) is 4.98 Å². The predicted octanol–water partition coefficient (Wildman–Crippen LogP) is 1.93. The molecule has 0 saturated carbocycles. The third-order valence-corrected chi connectivity index (χ3v) is 2.70. The zero-order valence-electron chi connectivity index (χ0n) is 8.52. The molecule has 1 aromatic rings. The number of ether oxygens (including phenoxy) is 2. The van der Waals surface area contributed by atoms with E-state index in [1.165, 1.54) is 6.20 Å². The molecule has 5 heteroatoms. The van der Waals surface area contributed by atoms with Gasteiger partial charge in [-0.25, -0.2) is 0 Å². The van der Waals surface area contributed by atoms with Crippen molar-refractivity contribution in [1.82, 2.24) is 9.97 Å². The molecule has 0 bridgehead atoms. The van der Waals surface area contributed by atoms with Crippen LogP contribution in [0.3, 0.4) is 0 Å². The summed E-state index contributed by atoms with van der Waals surface area (Å²) >= 11 is 5.71. The van der Waals surface area contributed by atoms with Crippen molar-refractivity contribution in [3.8, 4) is 5.88 Å². The second-order valence-corrected chi connectivity index (χ2v) is 4.01. The summed E-state index contributed by atoms with van der Waals surface area (Å²) in [5.41, 5.74) is 0. The fraction of sp³-hybridized carbons (Fsp3) is 0.600. The van der Waals surface area contributed by atoms with Crippen LogP contribution in [0, 0.1) is 5.92 Å². The first kappa shape index (κ1) is 10.6. The topological polar surface area (TPSA) is 44.2 Å². The van der Waals surface area contributed by atoms with Crippen molar-refractivity contribution in [2.24, 2.45) is 5.92 Å². The highest BCUT2D eigenvalue weighted by molar-refractivity contribution is 6.29. The second kappa shape index (κ2) is 4.77. The molecule has 0 radical (unpaired) electrons. The number of hydrogen-bond donors (Lipinski definition) is 0. The molecule has 1 unspecified atom stereocenters. The molecule has 0 amide bonds. The molecule has 2 heterocycles. The molecule has 1 aliphatic heterocycles. The lowest BCUT2D eigenvalue weighted by molar-refractivity contribution is 0.119. The molecule has 0 spiro atoms. The Kier molecular flexibility index (Phi) is 3.38. The third-order valence-electron chi connectivity index (χ3n) is 2.52. The molecular weight excluding hydrogens is 216 g/mol. The lowest BCUT2D eigenvalue weighted by atomic mass is 10.0. The number of halogens is 1. The smallest absolute Gasteiger partial charge is 0.234 e. The van der Waals surface area contributed by atoms with E-state index in [0.29, 0.717) is 17.0 Å². The van der Waals surface area contributed by atoms with Gasteiger partial charge in [-0.1, -0.05) is 11.6 Å². The molecule has 4 nitrogen and oxygen atoms in total. The Balaban J connectivity index is 1.95. The van der Waals surface area contributed by atoms with Gasteiger partial charge in [0.05, 0.1) is 19.0 Å². The summed E-state index contributed by atoms with van der Waals surface area (Å²) in [6, 6.07) is 0. The van der Waals surface area contributed by atoms with E-state index in [1.807, 2.05) is 6.92 Å². The maximum Gasteiger partial charge on any atom is 0.234 e. The van der Waals surface area contributed by atoms with Crippen LogP contribution in [0.2, 0.25) is 5.15 Å². The van der Waals surface area contributed by atoms with Gasteiger partial charge in [0.15, 0.2) is 5.15 Å². The summed E-state index contributed by atoms with van der Waals surface area (Å²) in [5, 5.41) is 0.349. The van der Waals surface area contributed by atoms with Gasteiger partial charge in [0, 0.05) is 12.5 Å². The van der Waals surface area contributed by atoms with Crippen molar-refractivity contribution in [3.63, 3.8) is 0 Å². The lowest BCUT2D eigenvalue weighted by Gasteiger charge is -2.18. The molecule has 2 rings (SSSR count). The average Bonchev–Trinajstić information content (AvgIpc) is 2.70. The van der Waals surface area contributed by atoms with Gasteiger partial charge in [0.1, 0.15) is 6.10 Å². The summed E-state index contributed by atoms with van der Waals surface area (Å²) in [7, 11) is 0. The molecule has 1 aromatic heterocycles. The first-order valence-electron chi connectivity index (χ1n) is 4.97. The molecule has 1 saturated heterocycles. The maximum atomic E-state index is 5.71. The minimum atomic E-state index is 0.0836. The van der Waals surface area contributed by atoms with E-state index in [2.05, 4.69) is 9.97 Å². The van der Waals surface area contributed by atoms with Gasteiger partial charge in [0.25, 0.3) is 0 Å². The van der Waals surface area contributed by atoms with Gasteiger partial charge >= 0.3 is 0 Å². The summed E-state index contributed by atoms with van der Waals surface area (Å²) in [6.45, 7) is 3.59. The van der Waals surface area contributed by atoms with Crippen LogP contribution in [-0.4, -0.2) is 29.3 Å². The summed E-state index contributed by atoms with van der Waals surface area (Å²) in [4.78, 5) is 7.94. The minimum Gasteiger partial charge on any atom is -0.473 e. The largest absolute Gasteiger partial charge is 0.473 e. The van der Waals surface area contributed by atoms with Gasteiger partial charge in [-0.3, -0.25) is 4.98 Å². The van der Waals surface area contributed by atoms with E-state index in [4.69, 9.17) is 21.1 Å². The zero-order valence-corrected chi connectivity index (χ0v) is 9.28. The Labute approximate surface area is 93.6 Å². The highest BCUT2D eigenvalue weighted by Gasteiger charge is 2.24. The van der Waals surface area contributed by atoms with Crippen molar-refractivity contribution in [1.29, 1.82) is 0 Å². The Hall–Kier alpha value is -0.870. The molecule has 82 valence electrons. The molecule has 0 aliphatic carbocycles. The summed E-state index contributed by atoms with van der Waals surface area (Å²) in [6.07, 6.45) is 4.17. The Bertz CT molecular complexity index is 329. The third kappa shape index (κ3) is 2.79. The van der Waals surface area contributed by atoms with E-state index in [0.717, 1.165) is 19.6 Å². The second-order valence-electron chi connectivity index (χ2n) is 3.63. The van der Waals surface area contributed by atoms with Crippen molar-refractivity contribution < 1.29 is 9.47 Å². The lowest BCUT2D eigenvalue weighted by Crippen LogP contribution is -2.24. The minimum absolute atomic E-state index is 0.0836. The van der Waals surface area contributed by atoms with Gasteiger partial charge < -0.3 is 9.47 Å². The molecule has 0 aromatic carbocycles. The zero-order chi connectivity index (χ0) is 10.7. The normalized spacial score (nSPS) is 22.7. The molecular formula is C10H13ClN2O2. The van der Waals surface area contributed by atoms with E-state index in [1.54, 1.807) is 6.20 Å². The van der Waals surface area contributed by atoms with Crippen molar-refractivity contribution in [3.05, 3.63) is 17.5 Å². The monoisotopic (exact) mass is 228 g/mol. The summed E-state index contributed by atoms with van der Waals surface area (Å²) < 4.78 is 10.9. The van der Waals surface area contributed by atoms with Crippen LogP contribution in [-0.2, 0) is 4.74 Å². The first-order valence-corrected chi connectivity index (χ1v) is 5.35. The van der Waals surface area contributed by atoms with Gasteiger partial charge in [-0.05, 0) is 13.3 Å². The van der Waals surface area contributed by atoms with Crippen LogP contribution in [0.15, 0.2) is 12.4 Å². The van der Waals surface area contributed by atoms with E-state index in [9.17, 15) is 0 Å². The van der Waals surface area contributed by atoms with E-state index >= 15 is 0 Å². The number of aromatic nitrogens is 2. The van der Waals surface area contributed by atoms with E-state index in [-0.39, 0.29) is 6.10 Å². The quantitative estimate of drug-likeness (QED) is 0.793. The number of hydrogen-bond acceptors (Lipinski definition) is 4. The standard InChI is InChI=1S/C10H13ClN2O2/c1-7(8-2-3-14-6-8)15-10-5-12-4-9(11)13-10/h4-5,7-8H,2-3,6H2,1H3/t7-,8?/m0/s1. The SMILES string of the molecule is C[C@H](Oc1cncc(Cl)n1)C1CCOC1. The van der Waals surface area contributed by atoms with E-state index < -0.39 is 0 Å². The summed E-state index contributed by atoms with van der Waals surface area (Å²) in [5.74, 6) is 0.910. The van der Waals surface area contributed by atoms with Crippen LogP contribution in [0.5, 0.6) is 5.88 Å². The highest BCUT2D eigenvalue weighted by Crippen LogP contribution is 2.20. The Morgan fingerprint density at radius 3 is 3.13 bits per heavy atom. The fourth-order valence-corrected chi connectivity index (χ4v) is 1.73. The van der Waals surface area contributed by atoms with Crippen LogP contribution < -0.4 is 4.74 Å². The number of rotatable bonds is 3. The molecule has 2 atom stereocenters.